The van der Waals surface area contributed by atoms with Crippen LogP contribution in [0.1, 0.15) is 44.7 Å². The van der Waals surface area contributed by atoms with Gasteiger partial charge >= 0.3 is 0 Å². The summed E-state index contributed by atoms with van der Waals surface area (Å²) < 4.78 is 3.22. The summed E-state index contributed by atoms with van der Waals surface area (Å²) >= 11 is 1.85. The Hall–Kier alpha value is -3.54. The lowest BCUT2D eigenvalue weighted by molar-refractivity contribution is 0.242. The lowest BCUT2D eigenvalue weighted by Gasteiger charge is -2.30. The Labute approximate surface area is 215 Å². The fourth-order valence-electron chi connectivity index (χ4n) is 5.38. The highest BCUT2D eigenvalue weighted by Crippen LogP contribution is 2.30. The van der Waals surface area contributed by atoms with E-state index >= 15 is 0 Å². The normalized spacial score (nSPS) is 13.9. The van der Waals surface area contributed by atoms with E-state index in [1.807, 2.05) is 59.2 Å². The van der Waals surface area contributed by atoms with Crippen LogP contribution in [0.2, 0.25) is 0 Å². The zero-order chi connectivity index (χ0) is 24.6. The average molecular weight is 492 g/mol. The molecule has 4 nitrogen and oxygen atoms in total. The molecule has 2 aromatic heterocycles. The van der Waals surface area contributed by atoms with Crippen LogP contribution in [-0.2, 0) is 19.5 Å². The first kappa shape index (κ1) is 22.9. The maximum Gasteiger partial charge on any atom is 0.259 e. The van der Waals surface area contributed by atoms with Crippen molar-refractivity contribution in [2.24, 2.45) is 0 Å². The van der Waals surface area contributed by atoms with Gasteiger partial charge in [0.1, 0.15) is 5.82 Å². The molecule has 0 atom stereocenters. The lowest BCUT2D eigenvalue weighted by atomic mass is 9.97. The Bertz CT molecular complexity index is 1550. The highest BCUT2D eigenvalue weighted by atomic mass is 32.1. The quantitative estimate of drug-likeness (QED) is 0.291. The van der Waals surface area contributed by atoms with Crippen LogP contribution < -0.4 is 5.56 Å². The third kappa shape index (κ3) is 4.29. The molecule has 0 bridgehead atoms. The number of aryl methyl sites for hydroxylation is 2. The van der Waals surface area contributed by atoms with Crippen molar-refractivity contribution in [2.45, 2.75) is 39.4 Å². The monoisotopic (exact) mass is 491 g/mol. The van der Waals surface area contributed by atoms with Crippen molar-refractivity contribution >= 4 is 21.4 Å². The summed E-state index contributed by atoms with van der Waals surface area (Å²) in [6.45, 7) is 6.50. The topological polar surface area (TPSA) is 38.1 Å². The molecule has 180 valence electrons. The minimum atomic E-state index is -0.209. The minimum Gasteiger partial charge on any atom is -0.293 e. The van der Waals surface area contributed by atoms with E-state index in [1.54, 1.807) is 0 Å². The van der Waals surface area contributed by atoms with Gasteiger partial charge in [-0.1, -0.05) is 78.4 Å². The molecule has 3 heterocycles. The van der Waals surface area contributed by atoms with Gasteiger partial charge in [-0.15, -0.1) is 11.3 Å². The van der Waals surface area contributed by atoms with E-state index in [2.05, 4.69) is 60.4 Å². The Morgan fingerprint density at radius 1 is 0.917 bits per heavy atom. The molecule has 6 rings (SSSR count). The highest BCUT2D eigenvalue weighted by Gasteiger charge is 2.27. The van der Waals surface area contributed by atoms with E-state index < -0.39 is 0 Å². The summed E-state index contributed by atoms with van der Waals surface area (Å²) in [5.74, 6) is 0.768. The van der Waals surface area contributed by atoms with Gasteiger partial charge < -0.3 is 0 Å². The molecular weight excluding hydrogens is 462 g/mol. The summed E-state index contributed by atoms with van der Waals surface area (Å²) in [7, 11) is 0. The molecule has 0 aliphatic carbocycles. The number of thiophene rings is 1. The third-order valence-corrected chi connectivity index (χ3v) is 8.21. The summed E-state index contributed by atoms with van der Waals surface area (Å²) in [5.41, 5.74) is 5.32. The number of rotatable bonds is 5. The molecular formula is C31H29N3OS. The molecule has 0 saturated heterocycles. The highest BCUT2D eigenvalue weighted by molar-refractivity contribution is 7.19. The van der Waals surface area contributed by atoms with E-state index in [-0.39, 0.29) is 11.6 Å². The van der Waals surface area contributed by atoms with E-state index in [9.17, 15) is 4.79 Å². The molecule has 5 heteroatoms. The van der Waals surface area contributed by atoms with Crippen molar-refractivity contribution in [3.63, 3.8) is 0 Å². The van der Waals surface area contributed by atoms with Gasteiger partial charge in [-0.25, -0.2) is 4.98 Å². The molecule has 1 aliphatic rings. The number of fused-ring (bicyclic) bond motifs is 2. The molecule has 0 spiro atoms. The molecule has 1 aliphatic heterocycles. The van der Waals surface area contributed by atoms with Crippen LogP contribution >= 0.6 is 11.3 Å². The number of hydrogen-bond donors (Lipinski definition) is 0. The van der Waals surface area contributed by atoms with Crippen LogP contribution in [-0.4, -0.2) is 21.0 Å². The predicted molar refractivity (Wildman–Crippen MR) is 148 cm³/mol. The number of hydrogen-bond acceptors (Lipinski definition) is 4. The van der Waals surface area contributed by atoms with Crippen molar-refractivity contribution in [3.05, 3.63) is 134 Å². The van der Waals surface area contributed by atoms with Crippen molar-refractivity contribution in [3.8, 4) is 0 Å². The minimum absolute atomic E-state index is 0.0758. The Balaban J connectivity index is 1.37. The van der Waals surface area contributed by atoms with Crippen molar-refractivity contribution in [1.82, 2.24) is 14.5 Å². The maximum atomic E-state index is 14.1. The summed E-state index contributed by atoms with van der Waals surface area (Å²) in [4.78, 5) is 22.8. The second kappa shape index (κ2) is 9.49. The van der Waals surface area contributed by atoms with Gasteiger partial charge in [0.15, 0.2) is 0 Å². The molecule has 0 saturated carbocycles. The molecule has 3 aromatic carbocycles. The molecule has 0 N–H and O–H groups in total. The largest absolute Gasteiger partial charge is 0.293 e. The first-order chi connectivity index (χ1) is 17.6. The summed E-state index contributed by atoms with van der Waals surface area (Å²) in [6.07, 6.45) is 0.803. The van der Waals surface area contributed by atoms with Gasteiger partial charge in [0, 0.05) is 35.6 Å². The molecule has 5 aromatic rings. The first-order valence-corrected chi connectivity index (χ1v) is 13.3. The number of aromatic nitrogens is 2. The first-order valence-electron chi connectivity index (χ1n) is 12.5. The Kier molecular flexibility index (Phi) is 6.04. The van der Waals surface area contributed by atoms with E-state index in [0.717, 1.165) is 47.7 Å². The van der Waals surface area contributed by atoms with E-state index in [4.69, 9.17) is 4.98 Å². The lowest BCUT2D eigenvalue weighted by Crippen LogP contribution is -2.40. The second-order valence-corrected chi connectivity index (χ2v) is 10.9. The van der Waals surface area contributed by atoms with Crippen molar-refractivity contribution in [2.75, 3.05) is 6.54 Å². The molecule has 0 unspecified atom stereocenters. The van der Waals surface area contributed by atoms with Gasteiger partial charge in [0.25, 0.3) is 5.56 Å². The SMILES string of the molecule is Cc1ccc2sc(CN3CCc4nc(C)n(C(c5ccccc5)c5ccccc5)c(=O)c4C3)cc2c1. The Morgan fingerprint density at radius 3 is 2.31 bits per heavy atom. The molecule has 0 fully saturated rings. The average Bonchev–Trinajstić information content (AvgIpc) is 3.29. The fraction of sp³-hybridized carbons (Fsp3) is 0.226. The van der Waals surface area contributed by atoms with E-state index in [0.29, 0.717) is 6.54 Å². The smallest absolute Gasteiger partial charge is 0.259 e. The predicted octanol–water partition coefficient (Wildman–Crippen LogP) is 6.27. The zero-order valence-corrected chi connectivity index (χ0v) is 21.5. The van der Waals surface area contributed by atoms with Crippen LogP contribution in [0, 0.1) is 13.8 Å². The molecule has 0 amide bonds. The van der Waals surface area contributed by atoms with Crippen LogP contribution in [0.25, 0.3) is 10.1 Å². The second-order valence-electron chi connectivity index (χ2n) is 9.70. The van der Waals surface area contributed by atoms with Crippen molar-refractivity contribution in [1.29, 1.82) is 0 Å². The van der Waals surface area contributed by atoms with Gasteiger partial charge in [0.2, 0.25) is 0 Å². The fourth-order valence-corrected chi connectivity index (χ4v) is 6.47. The molecule has 0 radical (unpaired) electrons. The van der Waals surface area contributed by atoms with Crippen LogP contribution in [0.4, 0.5) is 0 Å². The zero-order valence-electron chi connectivity index (χ0n) is 20.6. The maximum absolute atomic E-state index is 14.1. The van der Waals surface area contributed by atoms with Gasteiger partial charge in [-0.3, -0.25) is 14.3 Å². The number of nitrogens with zero attached hydrogens (tertiary/aromatic N) is 3. The van der Waals surface area contributed by atoms with Crippen LogP contribution in [0.15, 0.2) is 89.7 Å². The summed E-state index contributed by atoms with van der Waals surface area (Å²) in [5, 5.41) is 1.31. The van der Waals surface area contributed by atoms with Crippen molar-refractivity contribution < 1.29 is 0 Å². The number of benzene rings is 3. The van der Waals surface area contributed by atoms with Gasteiger partial charge in [-0.05, 0) is 42.5 Å². The van der Waals surface area contributed by atoms with Gasteiger partial charge in [0.05, 0.1) is 17.3 Å². The third-order valence-electron chi connectivity index (χ3n) is 7.11. The van der Waals surface area contributed by atoms with Gasteiger partial charge in [-0.2, -0.15) is 0 Å². The van der Waals surface area contributed by atoms with E-state index in [1.165, 1.54) is 20.5 Å². The Morgan fingerprint density at radius 2 is 1.61 bits per heavy atom. The van der Waals surface area contributed by atoms with Crippen LogP contribution in [0.5, 0.6) is 0 Å². The summed E-state index contributed by atoms with van der Waals surface area (Å²) in [6, 6.07) is 29.3. The standard InChI is InChI=1S/C31H29N3OS/c1-21-13-14-29-25(17-21)18-26(36-29)19-33-16-15-28-27(20-33)31(35)34(22(2)32-28)30(23-9-5-3-6-10-23)24-11-7-4-8-12-24/h3-14,17-18,30H,15-16,19-20H2,1-2H3. The van der Waals surface area contributed by atoms with Crippen LogP contribution in [0.3, 0.4) is 0 Å². The molecule has 36 heavy (non-hydrogen) atoms.